The smallest absolute Gasteiger partial charge is 0.390 e. The number of fused-ring (bicyclic) bond motifs is 2. The van der Waals surface area contributed by atoms with E-state index in [9.17, 15) is 19.4 Å². The van der Waals surface area contributed by atoms with Crippen molar-refractivity contribution in [3.63, 3.8) is 0 Å². The van der Waals surface area contributed by atoms with Crippen molar-refractivity contribution in [2.45, 2.75) is 49.3 Å². The van der Waals surface area contributed by atoms with Crippen molar-refractivity contribution in [1.82, 2.24) is 34.1 Å². The molecule has 2 fully saturated rings. The Kier molecular flexibility index (Phi) is 8.08. The maximum Gasteiger partial charge on any atom is 0.582 e. The molecule has 224 valence electrons. The van der Waals surface area contributed by atoms with Gasteiger partial charge in [-0.25, -0.2) is 15.0 Å². The number of aliphatic hydroxyl groups is 1. The van der Waals surface area contributed by atoms with Crippen LogP contribution in [0.2, 0.25) is 0 Å². The van der Waals surface area contributed by atoms with Crippen LogP contribution in [-0.2, 0) is 34.9 Å². The minimum Gasteiger partial charge on any atom is -0.390 e. The molecule has 6 heterocycles. The molecule has 0 bridgehead atoms. The minimum absolute atomic E-state index is 0.00919. The molecule has 7 N–H and O–H groups in total. The van der Waals surface area contributed by atoms with Crippen molar-refractivity contribution in [2.75, 3.05) is 24.7 Å². The molecule has 0 amide bonds. The van der Waals surface area contributed by atoms with E-state index in [1.807, 2.05) is 0 Å². The van der Waals surface area contributed by atoms with Crippen LogP contribution in [0.4, 0.5) is 11.8 Å². The second-order valence-corrected chi connectivity index (χ2v) is 15.1. The van der Waals surface area contributed by atoms with Gasteiger partial charge in [-0.15, -0.1) is 4.52 Å². The Balaban J connectivity index is 1.21. The van der Waals surface area contributed by atoms with Crippen LogP contribution in [0.1, 0.15) is 25.3 Å². The van der Waals surface area contributed by atoms with Gasteiger partial charge in [-0.2, -0.15) is 4.98 Å². The van der Waals surface area contributed by atoms with Gasteiger partial charge < -0.3 is 40.0 Å². The number of rotatable bonds is 9. The van der Waals surface area contributed by atoms with Gasteiger partial charge in [-0.3, -0.25) is 14.3 Å². The molecule has 6 rings (SSSR count). The summed E-state index contributed by atoms with van der Waals surface area (Å²) in [6, 6.07) is 1.76. The summed E-state index contributed by atoms with van der Waals surface area (Å²) in [4.78, 5) is 42.8. The Morgan fingerprint density at radius 1 is 1.21 bits per heavy atom. The number of aromatic nitrogens is 7. The van der Waals surface area contributed by atoms with Crippen molar-refractivity contribution in [2.24, 2.45) is 0 Å². The zero-order valence-corrected chi connectivity index (χ0v) is 25.0. The number of aliphatic hydroxyl groups excluding tert-OH is 1. The summed E-state index contributed by atoms with van der Waals surface area (Å²) in [6.07, 6.45) is 0.845. The van der Waals surface area contributed by atoms with E-state index in [0.29, 0.717) is 16.9 Å². The molecule has 8 atom stereocenters. The number of hydrogen-bond donors (Lipinski definition) is 6. The molecule has 0 aromatic carbocycles. The molecule has 4 aromatic rings. The molecule has 2 saturated heterocycles. The van der Waals surface area contributed by atoms with Gasteiger partial charge in [0.25, 0.3) is 5.56 Å². The van der Waals surface area contributed by atoms with Gasteiger partial charge in [0.1, 0.15) is 55.2 Å². The van der Waals surface area contributed by atoms with Gasteiger partial charge in [0, 0.05) is 12.6 Å². The van der Waals surface area contributed by atoms with Gasteiger partial charge in [0.05, 0.1) is 36.2 Å². The first-order valence-electron chi connectivity index (χ1n) is 12.6. The first kappa shape index (κ1) is 29.5. The lowest BCUT2D eigenvalue weighted by Gasteiger charge is -2.28. The van der Waals surface area contributed by atoms with Crippen molar-refractivity contribution < 1.29 is 33.1 Å². The number of ether oxygens (including phenoxy) is 2. The second-order valence-electron chi connectivity index (χ2n) is 9.77. The van der Waals surface area contributed by atoms with Crippen LogP contribution in [0.3, 0.4) is 0 Å². The predicted octanol–water partition coefficient (Wildman–Crippen LogP) is 0.956. The third-order valence-electron chi connectivity index (χ3n) is 7.16. The number of nitrogens with zero attached hydrogens (tertiary/aromatic N) is 6. The van der Waals surface area contributed by atoms with Crippen molar-refractivity contribution in [3.05, 3.63) is 35.3 Å². The van der Waals surface area contributed by atoms with E-state index < -0.39 is 55.7 Å². The highest BCUT2D eigenvalue weighted by Gasteiger charge is 2.47. The third kappa shape index (κ3) is 5.57. The maximum absolute atomic E-state index is 12.3. The number of nitrogens with one attached hydrogen (secondary N) is 1. The Morgan fingerprint density at radius 2 is 2.02 bits per heavy atom. The van der Waals surface area contributed by atoms with Crippen LogP contribution in [-0.4, -0.2) is 81.2 Å². The van der Waals surface area contributed by atoms with E-state index in [4.69, 9.17) is 41.8 Å². The number of nitrogen functional groups attached to an aromatic ring is 2. The van der Waals surface area contributed by atoms with E-state index in [-0.39, 0.29) is 43.2 Å². The molecule has 2 aliphatic heterocycles. The molecule has 42 heavy (non-hydrogen) atoms. The Bertz CT molecular complexity index is 1770. The Morgan fingerprint density at radius 3 is 2.81 bits per heavy atom. The predicted molar refractivity (Wildman–Crippen MR) is 156 cm³/mol. The van der Waals surface area contributed by atoms with Crippen molar-refractivity contribution >= 4 is 71.7 Å². The normalized spacial score (nSPS) is 28.0. The maximum atomic E-state index is 12.3. The van der Waals surface area contributed by atoms with Crippen molar-refractivity contribution in [3.8, 4) is 0 Å². The van der Waals surface area contributed by atoms with E-state index in [2.05, 4.69) is 37.2 Å². The highest BCUT2D eigenvalue weighted by molar-refractivity contribution is 8.39. The lowest BCUT2D eigenvalue weighted by molar-refractivity contribution is -0.0391. The zero-order chi connectivity index (χ0) is 29.8. The van der Waals surface area contributed by atoms with Gasteiger partial charge in [-0.1, -0.05) is 0 Å². The first-order chi connectivity index (χ1) is 20.0. The minimum atomic E-state index is -3.70. The summed E-state index contributed by atoms with van der Waals surface area (Å²) in [5.74, 6) is 0.187. The zero-order valence-electron chi connectivity index (χ0n) is 21.5. The van der Waals surface area contributed by atoms with Gasteiger partial charge >= 0.3 is 7.23 Å². The average Bonchev–Trinajstić information content (AvgIpc) is 3.71. The number of hydrogen-bond acceptors (Lipinski definition) is 14. The van der Waals surface area contributed by atoms with Gasteiger partial charge in [0.2, 0.25) is 5.95 Å². The lowest BCUT2D eigenvalue weighted by Crippen LogP contribution is -2.28. The highest BCUT2D eigenvalue weighted by Crippen LogP contribution is 2.58. The Labute approximate surface area is 247 Å². The molecule has 3 unspecified atom stereocenters. The number of nitrogens with two attached hydrogens (primary N) is 2. The number of aromatic amines is 1. The fraction of sp³-hybridized carbons (Fsp3) is 0.476. The molecule has 0 radical (unpaired) electrons. The van der Waals surface area contributed by atoms with Crippen LogP contribution < -0.4 is 17.0 Å². The van der Waals surface area contributed by atoms with E-state index in [1.165, 1.54) is 17.2 Å². The number of imidazole rings is 1. The van der Waals surface area contributed by atoms with Gasteiger partial charge in [-0.05, 0) is 28.9 Å². The third-order valence-corrected chi connectivity index (χ3v) is 10.8. The van der Waals surface area contributed by atoms with Crippen LogP contribution in [0.5, 0.6) is 0 Å². The van der Waals surface area contributed by atoms with Crippen LogP contribution >= 0.6 is 26.0 Å². The summed E-state index contributed by atoms with van der Waals surface area (Å²) in [6.45, 7) is -4.02. The number of H-pyrrole nitrogens is 1. The molecule has 17 nitrogen and oxygen atoms in total. The van der Waals surface area contributed by atoms with E-state index in [1.54, 1.807) is 16.8 Å². The summed E-state index contributed by atoms with van der Waals surface area (Å²) in [5, 5.41) is 11.4. The fourth-order valence-corrected chi connectivity index (χ4v) is 8.03. The summed E-state index contributed by atoms with van der Waals surface area (Å²) in [5.41, 5.74) is 11.0. The largest absolute Gasteiger partial charge is 0.582 e. The SMILES string of the molecule is Nc1nc2c(ncn2[C@@H]2O[C@H](CO[P+](=O)S)C[C@H]2P(O)(=S)OCC2O[C@@H](n3ccc4c(N)ncnc43)C[C@@H]2O)c(=O)[nH]1. The molecule has 2 aliphatic rings. The van der Waals surface area contributed by atoms with E-state index in [0.717, 1.165) is 0 Å². The van der Waals surface area contributed by atoms with Crippen LogP contribution in [0.25, 0.3) is 22.2 Å². The molecule has 0 aliphatic carbocycles. The molecular formula is C21H26N9O8P2S2+. The first-order valence-corrected chi connectivity index (χ1v) is 17.6. The summed E-state index contributed by atoms with van der Waals surface area (Å²) >= 11 is 9.37. The molecule has 4 aromatic heterocycles. The standard InChI is InChI=1S/C21H25N9O8P2S2/c22-16-10-1-2-29(17(10)25-7-24-16)14-4-11(31)12(38-14)6-36-40(34,42)13-3-9(5-35-39(33)41)37-20(13)30-8-26-15-18(30)27-21(23)28-19(15)32/h1-2,7-9,11-14,20,31H,3-6H2,(H6-,22,23,24,25,27,28,32,33,34,41,42)/p+1/t9-,11-,12?,13+,14+,20+,40?/m0/s1. The summed E-state index contributed by atoms with van der Waals surface area (Å²) in [7, 11) is -2.21. The highest BCUT2D eigenvalue weighted by atomic mass is 32.7. The van der Waals surface area contributed by atoms with Crippen molar-refractivity contribution in [1.29, 1.82) is 0 Å². The van der Waals surface area contributed by atoms with E-state index >= 15 is 0 Å². The Hall–Kier alpha value is -2.57. The molecule has 21 heteroatoms. The topological polar surface area (TPSA) is 241 Å². The number of anilines is 2. The summed E-state index contributed by atoms with van der Waals surface area (Å²) < 4.78 is 37.8. The molecule has 0 saturated carbocycles. The van der Waals surface area contributed by atoms with Crippen LogP contribution in [0, 0.1) is 0 Å². The average molecular weight is 659 g/mol. The fourth-order valence-electron chi connectivity index (χ4n) is 5.19. The van der Waals surface area contributed by atoms with Gasteiger partial charge in [0.15, 0.2) is 17.7 Å². The second kappa shape index (κ2) is 11.5. The quantitative estimate of drug-likeness (QED) is 0.108. The number of thiol groups is 1. The monoisotopic (exact) mass is 658 g/mol. The lowest BCUT2D eigenvalue weighted by atomic mass is 10.2. The molecular weight excluding hydrogens is 632 g/mol. The van der Waals surface area contributed by atoms with Crippen LogP contribution in [0.15, 0.2) is 29.7 Å². The molecule has 0 spiro atoms.